The van der Waals surface area contributed by atoms with Crippen LogP contribution < -0.4 is 10.9 Å². The van der Waals surface area contributed by atoms with Crippen LogP contribution >= 0.6 is 0 Å². The number of hydrogen-bond acceptors (Lipinski definition) is 6. The van der Waals surface area contributed by atoms with Crippen molar-refractivity contribution >= 4 is 11.6 Å². The van der Waals surface area contributed by atoms with Crippen molar-refractivity contribution in [2.45, 2.75) is 6.04 Å². The third-order valence-electron chi connectivity index (χ3n) is 4.08. The Labute approximate surface area is 127 Å². The van der Waals surface area contributed by atoms with E-state index in [-0.39, 0.29) is 23.6 Å². The molecule has 2 fully saturated rings. The van der Waals surface area contributed by atoms with Gasteiger partial charge in [-0.2, -0.15) is 0 Å². The molecule has 0 aromatic heterocycles. The van der Waals surface area contributed by atoms with E-state index in [1.807, 2.05) is 4.90 Å². The van der Waals surface area contributed by atoms with Crippen LogP contribution in [0, 0.1) is 16.0 Å². The molecule has 1 amide bonds. The van der Waals surface area contributed by atoms with Gasteiger partial charge >= 0.3 is 0 Å². The maximum Gasteiger partial charge on any atom is 0.269 e. The van der Waals surface area contributed by atoms with Gasteiger partial charge < -0.3 is 9.64 Å². The summed E-state index contributed by atoms with van der Waals surface area (Å²) in [6.07, 6.45) is 0. The zero-order chi connectivity index (χ0) is 15.5. The Morgan fingerprint density at radius 2 is 1.95 bits per heavy atom. The second-order valence-corrected chi connectivity index (χ2v) is 5.40. The number of carbonyl (C=O) groups excluding carboxylic acids is 1. The van der Waals surface area contributed by atoms with Crippen LogP contribution in [0.1, 0.15) is 11.6 Å². The smallest absolute Gasteiger partial charge is 0.269 e. The molecule has 0 saturated carbocycles. The van der Waals surface area contributed by atoms with E-state index in [0.29, 0.717) is 32.8 Å². The standard InChI is InChI=1S/C14H18N4O4/c19-14(17-5-7-22-8-6-17)12-9-15-16-13(12)10-1-3-11(4-2-10)18(20)21/h1-4,12-13,15-16H,5-9H2. The Morgan fingerprint density at radius 3 is 2.59 bits per heavy atom. The number of nitrogens with zero attached hydrogens (tertiary/aromatic N) is 2. The van der Waals surface area contributed by atoms with Gasteiger partial charge in [-0.3, -0.25) is 20.3 Å². The maximum absolute atomic E-state index is 12.6. The predicted molar refractivity (Wildman–Crippen MR) is 77.9 cm³/mol. The molecule has 22 heavy (non-hydrogen) atoms. The summed E-state index contributed by atoms with van der Waals surface area (Å²) < 4.78 is 5.27. The number of ether oxygens (including phenoxy) is 1. The fourth-order valence-corrected chi connectivity index (χ4v) is 2.86. The second kappa shape index (κ2) is 6.39. The number of rotatable bonds is 3. The summed E-state index contributed by atoms with van der Waals surface area (Å²) in [5.41, 5.74) is 7.02. The Hall–Kier alpha value is -2.03. The largest absolute Gasteiger partial charge is 0.378 e. The van der Waals surface area contributed by atoms with Crippen molar-refractivity contribution in [2.75, 3.05) is 32.8 Å². The second-order valence-electron chi connectivity index (χ2n) is 5.40. The van der Waals surface area contributed by atoms with Crippen LogP contribution in [0.5, 0.6) is 0 Å². The van der Waals surface area contributed by atoms with Gasteiger partial charge in [0.15, 0.2) is 0 Å². The first kappa shape index (κ1) is 14.9. The molecular weight excluding hydrogens is 288 g/mol. The number of hydrogen-bond donors (Lipinski definition) is 2. The zero-order valence-corrected chi connectivity index (χ0v) is 12.0. The molecule has 2 saturated heterocycles. The number of nitro groups is 1. The monoisotopic (exact) mass is 306 g/mol. The van der Waals surface area contributed by atoms with Gasteiger partial charge in [0.25, 0.3) is 5.69 Å². The number of nitro benzene ring substituents is 1. The number of carbonyl (C=O) groups is 1. The Kier molecular flexibility index (Phi) is 4.32. The highest BCUT2D eigenvalue weighted by atomic mass is 16.6. The summed E-state index contributed by atoms with van der Waals surface area (Å²) in [6.45, 7) is 2.91. The van der Waals surface area contributed by atoms with E-state index in [9.17, 15) is 14.9 Å². The SMILES string of the molecule is O=C(C1CNNC1c1ccc([N+](=O)[O-])cc1)N1CCOCC1. The average Bonchev–Trinajstić information content (AvgIpc) is 3.04. The van der Waals surface area contributed by atoms with Gasteiger partial charge in [-0.15, -0.1) is 0 Å². The van der Waals surface area contributed by atoms with Crippen molar-refractivity contribution in [3.8, 4) is 0 Å². The maximum atomic E-state index is 12.6. The van der Waals surface area contributed by atoms with Crippen LogP contribution in [0.3, 0.4) is 0 Å². The van der Waals surface area contributed by atoms with E-state index in [1.165, 1.54) is 12.1 Å². The van der Waals surface area contributed by atoms with Crippen molar-refractivity contribution in [3.05, 3.63) is 39.9 Å². The van der Waals surface area contributed by atoms with Gasteiger partial charge in [-0.1, -0.05) is 12.1 Å². The summed E-state index contributed by atoms with van der Waals surface area (Å²) in [4.78, 5) is 24.7. The summed E-state index contributed by atoms with van der Waals surface area (Å²) in [7, 11) is 0. The summed E-state index contributed by atoms with van der Waals surface area (Å²) in [5.74, 6) is -0.135. The van der Waals surface area contributed by atoms with Crippen LogP contribution in [-0.4, -0.2) is 48.6 Å². The van der Waals surface area contributed by atoms with Crippen molar-refractivity contribution < 1.29 is 14.5 Å². The van der Waals surface area contributed by atoms with Gasteiger partial charge in [0.1, 0.15) is 0 Å². The molecule has 0 spiro atoms. The normalized spacial score (nSPS) is 25.2. The number of benzene rings is 1. The molecule has 0 bridgehead atoms. The van der Waals surface area contributed by atoms with E-state index in [4.69, 9.17) is 4.74 Å². The van der Waals surface area contributed by atoms with Crippen LogP contribution in [0.2, 0.25) is 0 Å². The van der Waals surface area contributed by atoms with Gasteiger partial charge in [-0.05, 0) is 5.56 Å². The minimum absolute atomic E-state index is 0.0470. The van der Waals surface area contributed by atoms with Gasteiger partial charge in [0.05, 0.1) is 30.1 Å². The third-order valence-corrected chi connectivity index (χ3v) is 4.08. The molecule has 0 radical (unpaired) electrons. The summed E-state index contributed by atoms with van der Waals surface area (Å²) in [6, 6.07) is 6.14. The number of nitrogens with one attached hydrogen (secondary N) is 2. The molecule has 0 aliphatic carbocycles. The molecule has 8 nitrogen and oxygen atoms in total. The van der Waals surface area contributed by atoms with Gasteiger partial charge in [0, 0.05) is 31.8 Å². The van der Waals surface area contributed by atoms with E-state index < -0.39 is 4.92 Å². The summed E-state index contributed by atoms with van der Waals surface area (Å²) >= 11 is 0. The molecule has 2 atom stereocenters. The topological polar surface area (TPSA) is 96.7 Å². The third kappa shape index (κ3) is 2.94. The van der Waals surface area contributed by atoms with E-state index in [1.54, 1.807) is 12.1 Å². The molecule has 3 rings (SSSR count). The fourth-order valence-electron chi connectivity index (χ4n) is 2.86. The minimum Gasteiger partial charge on any atom is -0.378 e. The van der Waals surface area contributed by atoms with Gasteiger partial charge in [-0.25, -0.2) is 5.43 Å². The van der Waals surface area contributed by atoms with E-state index in [2.05, 4.69) is 10.9 Å². The molecule has 118 valence electrons. The van der Waals surface area contributed by atoms with E-state index in [0.717, 1.165) is 5.56 Å². The first-order valence-corrected chi connectivity index (χ1v) is 7.26. The molecule has 2 heterocycles. The van der Waals surface area contributed by atoms with Crippen LogP contribution in [0.4, 0.5) is 5.69 Å². The number of amides is 1. The van der Waals surface area contributed by atoms with Crippen molar-refractivity contribution in [1.29, 1.82) is 0 Å². The molecule has 1 aromatic rings. The highest BCUT2D eigenvalue weighted by Crippen LogP contribution is 2.28. The van der Waals surface area contributed by atoms with Crippen LogP contribution in [0.15, 0.2) is 24.3 Å². The van der Waals surface area contributed by atoms with E-state index >= 15 is 0 Å². The summed E-state index contributed by atoms with van der Waals surface area (Å²) in [5, 5.41) is 10.7. The molecule has 2 aliphatic rings. The molecule has 2 unspecified atom stereocenters. The highest BCUT2D eigenvalue weighted by molar-refractivity contribution is 5.80. The predicted octanol–water partition coefficient (Wildman–Crippen LogP) is 0.219. The zero-order valence-electron chi connectivity index (χ0n) is 12.0. The quantitative estimate of drug-likeness (QED) is 0.612. The number of morpholine rings is 1. The fraction of sp³-hybridized carbons (Fsp3) is 0.500. The lowest BCUT2D eigenvalue weighted by atomic mass is 9.93. The lowest BCUT2D eigenvalue weighted by Gasteiger charge is -2.30. The first-order valence-electron chi connectivity index (χ1n) is 7.26. The van der Waals surface area contributed by atoms with Gasteiger partial charge in [0.2, 0.25) is 5.91 Å². The van der Waals surface area contributed by atoms with Crippen molar-refractivity contribution in [2.24, 2.45) is 5.92 Å². The molecule has 2 N–H and O–H groups in total. The molecule has 8 heteroatoms. The Bertz CT molecular complexity index is 556. The average molecular weight is 306 g/mol. The van der Waals surface area contributed by atoms with Crippen LogP contribution in [0.25, 0.3) is 0 Å². The number of non-ortho nitro benzene ring substituents is 1. The van der Waals surface area contributed by atoms with Crippen LogP contribution in [-0.2, 0) is 9.53 Å². The first-order chi connectivity index (χ1) is 10.7. The minimum atomic E-state index is -0.430. The van der Waals surface area contributed by atoms with Crippen molar-refractivity contribution in [1.82, 2.24) is 15.8 Å². The number of hydrazine groups is 1. The Morgan fingerprint density at radius 1 is 1.27 bits per heavy atom. The lowest BCUT2D eigenvalue weighted by Crippen LogP contribution is -2.45. The van der Waals surface area contributed by atoms with Crippen molar-refractivity contribution in [3.63, 3.8) is 0 Å². The molecule has 1 aromatic carbocycles. The lowest BCUT2D eigenvalue weighted by molar-refractivity contribution is -0.384. The highest BCUT2D eigenvalue weighted by Gasteiger charge is 2.36. The molecule has 2 aliphatic heterocycles. The molecular formula is C14H18N4O4. The Balaban J connectivity index is 1.74.